The molecule has 1 fully saturated rings. The number of anilines is 1. The average Bonchev–Trinajstić information content (AvgIpc) is 2.50. The minimum Gasteiger partial charge on any atom is -0.354 e. The molecule has 1 saturated heterocycles. The predicted octanol–water partition coefficient (Wildman–Crippen LogP) is 2.48. The number of likely N-dealkylation sites (tertiary alicyclic amines) is 1. The van der Waals surface area contributed by atoms with E-state index >= 15 is 0 Å². The summed E-state index contributed by atoms with van der Waals surface area (Å²) < 4.78 is 0. The van der Waals surface area contributed by atoms with E-state index < -0.39 is 0 Å². The Hall–Kier alpha value is -1.88. The average molecular weight is 331 g/mol. The number of nitrogens with zero attached hydrogens (tertiary/aromatic N) is 1. The molecule has 0 spiro atoms. The number of aryl methyl sites for hydroxylation is 2. The summed E-state index contributed by atoms with van der Waals surface area (Å²) in [6, 6.07) is 6.19. The van der Waals surface area contributed by atoms with Gasteiger partial charge in [0.05, 0.1) is 6.54 Å². The molecular weight excluding hydrogens is 302 g/mol. The zero-order chi connectivity index (χ0) is 17.7. The number of hydrogen-bond acceptors (Lipinski definition) is 3. The first-order valence-corrected chi connectivity index (χ1v) is 8.75. The molecule has 1 aliphatic rings. The zero-order valence-electron chi connectivity index (χ0n) is 15.2. The van der Waals surface area contributed by atoms with Crippen LogP contribution in [0.5, 0.6) is 0 Å². The Bertz CT molecular complexity index is 590. The van der Waals surface area contributed by atoms with Crippen molar-refractivity contribution in [1.29, 1.82) is 0 Å². The van der Waals surface area contributed by atoms with E-state index in [1.165, 1.54) is 5.56 Å². The van der Waals surface area contributed by atoms with E-state index in [2.05, 4.69) is 21.6 Å². The Morgan fingerprint density at radius 2 is 1.88 bits per heavy atom. The standard InChI is InChI=1S/C19H29N3O2/c1-13(2)20-19(24)16-7-9-22(10-8-16)12-18(23)21-17-6-5-14(3)11-15(17)4/h5-6,11,13,16H,7-10,12H2,1-4H3,(H,20,24)(H,21,23). The molecule has 5 nitrogen and oxygen atoms in total. The normalized spacial score (nSPS) is 16.2. The fraction of sp³-hybridized carbons (Fsp3) is 0.579. The molecule has 1 aromatic rings. The molecule has 0 radical (unpaired) electrons. The first-order chi connectivity index (χ1) is 11.3. The van der Waals surface area contributed by atoms with Crippen molar-refractivity contribution in [2.24, 2.45) is 5.92 Å². The van der Waals surface area contributed by atoms with E-state index in [1.807, 2.05) is 39.8 Å². The van der Waals surface area contributed by atoms with Gasteiger partial charge in [-0.2, -0.15) is 0 Å². The van der Waals surface area contributed by atoms with Crippen molar-refractivity contribution in [3.63, 3.8) is 0 Å². The summed E-state index contributed by atoms with van der Waals surface area (Å²) >= 11 is 0. The van der Waals surface area contributed by atoms with Gasteiger partial charge < -0.3 is 10.6 Å². The molecule has 1 heterocycles. The Morgan fingerprint density at radius 3 is 2.46 bits per heavy atom. The van der Waals surface area contributed by atoms with Crippen LogP contribution < -0.4 is 10.6 Å². The van der Waals surface area contributed by atoms with Gasteiger partial charge in [-0.15, -0.1) is 0 Å². The number of carbonyl (C=O) groups excluding carboxylic acids is 2. The monoisotopic (exact) mass is 331 g/mol. The lowest BCUT2D eigenvalue weighted by atomic mass is 9.95. The van der Waals surface area contributed by atoms with Gasteiger partial charge in [0.1, 0.15) is 0 Å². The summed E-state index contributed by atoms with van der Waals surface area (Å²) in [7, 11) is 0. The van der Waals surface area contributed by atoms with E-state index in [1.54, 1.807) is 0 Å². The molecule has 0 saturated carbocycles. The molecular formula is C19H29N3O2. The molecule has 5 heteroatoms. The second-order valence-electron chi connectivity index (χ2n) is 7.08. The number of carbonyl (C=O) groups is 2. The van der Waals surface area contributed by atoms with Crippen molar-refractivity contribution >= 4 is 17.5 Å². The third-order valence-electron chi connectivity index (χ3n) is 4.41. The zero-order valence-corrected chi connectivity index (χ0v) is 15.2. The first-order valence-electron chi connectivity index (χ1n) is 8.75. The number of amides is 2. The van der Waals surface area contributed by atoms with Crippen LogP contribution in [0.1, 0.15) is 37.8 Å². The maximum Gasteiger partial charge on any atom is 0.238 e. The quantitative estimate of drug-likeness (QED) is 0.871. The Labute approximate surface area is 144 Å². The van der Waals surface area contributed by atoms with Gasteiger partial charge in [0.25, 0.3) is 0 Å². The van der Waals surface area contributed by atoms with E-state index in [9.17, 15) is 9.59 Å². The van der Waals surface area contributed by atoms with Crippen molar-refractivity contribution in [3.05, 3.63) is 29.3 Å². The number of nitrogens with one attached hydrogen (secondary N) is 2. The van der Waals surface area contributed by atoms with Crippen molar-refractivity contribution < 1.29 is 9.59 Å². The lowest BCUT2D eigenvalue weighted by Crippen LogP contribution is -2.44. The number of rotatable bonds is 5. The van der Waals surface area contributed by atoms with Crippen molar-refractivity contribution in [2.75, 3.05) is 25.0 Å². The minimum absolute atomic E-state index is 0.00651. The Morgan fingerprint density at radius 1 is 1.21 bits per heavy atom. The number of hydrogen-bond donors (Lipinski definition) is 2. The highest BCUT2D eigenvalue weighted by Crippen LogP contribution is 2.19. The van der Waals surface area contributed by atoms with Gasteiger partial charge in [-0.3, -0.25) is 14.5 Å². The van der Waals surface area contributed by atoms with Gasteiger partial charge in [0.2, 0.25) is 11.8 Å². The van der Waals surface area contributed by atoms with Gasteiger partial charge in [-0.1, -0.05) is 17.7 Å². The summed E-state index contributed by atoms with van der Waals surface area (Å²) in [5, 5.41) is 5.96. The van der Waals surface area contributed by atoms with Gasteiger partial charge in [0.15, 0.2) is 0 Å². The third kappa shape index (κ3) is 5.34. The molecule has 1 aliphatic heterocycles. The number of piperidine rings is 1. The molecule has 0 unspecified atom stereocenters. The molecule has 2 N–H and O–H groups in total. The maximum atomic E-state index is 12.2. The molecule has 2 rings (SSSR count). The predicted molar refractivity (Wildman–Crippen MR) is 97.0 cm³/mol. The van der Waals surface area contributed by atoms with E-state index in [-0.39, 0.29) is 23.8 Å². The van der Waals surface area contributed by atoms with E-state index in [0.717, 1.165) is 37.2 Å². The summed E-state index contributed by atoms with van der Waals surface area (Å²) in [4.78, 5) is 26.4. The summed E-state index contributed by atoms with van der Waals surface area (Å²) in [5.74, 6) is 0.225. The van der Waals surface area contributed by atoms with Gasteiger partial charge in [-0.25, -0.2) is 0 Å². The Kier molecular flexibility index (Phi) is 6.37. The van der Waals surface area contributed by atoms with Crippen LogP contribution in [0.15, 0.2) is 18.2 Å². The van der Waals surface area contributed by atoms with Crippen LogP contribution in [0.3, 0.4) is 0 Å². The molecule has 0 bridgehead atoms. The van der Waals surface area contributed by atoms with Crippen LogP contribution in [0.25, 0.3) is 0 Å². The van der Waals surface area contributed by atoms with Crippen LogP contribution in [-0.2, 0) is 9.59 Å². The van der Waals surface area contributed by atoms with E-state index in [4.69, 9.17) is 0 Å². The van der Waals surface area contributed by atoms with Crippen LogP contribution in [0.4, 0.5) is 5.69 Å². The highest BCUT2D eigenvalue weighted by molar-refractivity contribution is 5.93. The van der Waals surface area contributed by atoms with Crippen molar-refractivity contribution in [1.82, 2.24) is 10.2 Å². The van der Waals surface area contributed by atoms with Gasteiger partial charge >= 0.3 is 0 Å². The maximum absolute atomic E-state index is 12.2. The van der Waals surface area contributed by atoms with Crippen LogP contribution in [0.2, 0.25) is 0 Å². The lowest BCUT2D eigenvalue weighted by molar-refractivity contribution is -0.127. The molecule has 1 aromatic carbocycles. The fourth-order valence-corrected chi connectivity index (χ4v) is 3.10. The summed E-state index contributed by atoms with van der Waals surface area (Å²) in [5.41, 5.74) is 3.14. The minimum atomic E-state index is 0.00651. The first kappa shape index (κ1) is 18.5. The topological polar surface area (TPSA) is 61.4 Å². The van der Waals surface area contributed by atoms with Crippen LogP contribution in [-0.4, -0.2) is 42.4 Å². The smallest absolute Gasteiger partial charge is 0.238 e. The molecule has 2 amide bonds. The molecule has 132 valence electrons. The summed E-state index contributed by atoms with van der Waals surface area (Å²) in [6.45, 7) is 9.95. The van der Waals surface area contributed by atoms with Gasteiger partial charge in [-0.05, 0) is 65.3 Å². The molecule has 0 aliphatic carbocycles. The molecule has 0 atom stereocenters. The third-order valence-corrected chi connectivity index (χ3v) is 4.41. The highest BCUT2D eigenvalue weighted by Gasteiger charge is 2.26. The van der Waals surface area contributed by atoms with E-state index in [0.29, 0.717) is 6.54 Å². The fourth-order valence-electron chi connectivity index (χ4n) is 3.10. The molecule has 0 aromatic heterocycles. The lowest BCUT2D eigenvalue weighted by Gasteiger charge is -2.31. The van der Waals surface area contributed by atoms with Gasteiger partial charge in [0, 0.05) is 17.6 Å². The SMILES string of the molecule is Cc1ccc(NC(=O)CN2CCC(C(=O)NC(C)C)CC2)c(C)c1. The summed E-state index contributed by atoms with van der Waals surface area (Å²) in [6.07, 6.45) is 1.63. The van der Waals surface area contributed by atoms with Crippen LogP contribution >= 0.6 is 0 Å². The molecule has 24 heavy (non-hydrogen) atoms. The second kappa shape index (κ2) is 8.29. The highest BCUT2D eigenvalue weighted by atomic mass is 16.2. The van der Waals surface area contributed by atoms with Crippen LogP contribution in [0, 0.1) is 19.8 Å². The number of benzene rings is 1. The Balaban J connectivity index is 1.79. The largest absolute Gasteiger partial charge is 0.354 e. The van der Waals surface area contributed by atoms with Crippen molar-refractivity contribution in [3.8, 4) is 0 Å². The second-order valence-corrected chi connectivity index (χ2v) is 7.08. The van der Waals surface area contributed by atoms with Crippen molar-refractivity contribution in [2.45, 2.75) is 46.6 Å².